The third-order valence-electron chi connectivity index (χ3n) is 1.69. The summed E-state index contributed by atoms with van der Waals surface area (Å²) in [6.07, 6.45) is 1.99. The third-order valence-corrected chi connectivity index (χ3v) is 1.98. The summed E-state index contributed by atoms with van der Waals surface area (Å²) >= 11 is 5.92. The highest BCUT2D eigenvalue weighted by Crippen LogP contribution is 2.26. The van der Waals surface area contributed by atoms with Crippen LogP contribution in [-0.2, 0) is 0 Å². The molecule has 3 heteroatoms. The molecule has 0 spiro atoms. The van der Waals surface area contributed by atoms with Gasteiger partial charge in [0.2, 0.25) is 0 Å². The summed E-state index contributed by atoms with van der Waals surface area (Å²) in [5.74, 6) is 0.665. The summed E-state index contributed by atoms with van der Waals surface area (Å²) in [6, 6.07) is 5.22. The molecule has 2 nitrogen and oxygen atoms in total. The quantitative estimate of drug-likeness (QED) is 0.615. The summed E-state index contributed by atoms with van der Waals surface area (Å²) in [4.78, 5) is 0. The summed E-state index contributed by atoms with van der Waals surface area (Å²) in [5.41, 5.74) is 7.41. The van der Waals surface area contributed by atoms with Gasteiger partial charge >= 0.3 is 0 Å². The predicted molar refractivity (Wildman–Crippen MR) is 60.8 cm³/mol. The summed E-state index contributed by atoms with van der Waals surface area (Å²) in [7, 11) is 0. The Bertz CT molecular complexity index is 343. The van der Waals surface area contributed by atoms with Crippen molar-refractivity contribution in [3.63, 3.8) is 0 Å². The van der Waals surface area contributed by atoms with Crippen LogP contribution < -0.4 is 10.5 Å². The Kier molecular flexibility index (Phi) is 3.84. The first-order chi connectivity index (χ1) is 6.59. The zero-order valence-corrected chi connectivity index (χ0v) is 9.14. The van der Waals surface area contributed by atoms with Gasteiger partial charge in [-0.25, -0.2) is 0 Å². The Balaban J connectivity index is 2.64. The normalized spacial score (nSPS) is 9.64. The van der Waals surface area contributed by atoms with Crippen LogP contribution >= 0.6 is 11.6 Å². The summed E-state index contributed by atoms with van der Waals surface area (Å²) in [5, 5.41) is 0.548. The lowest BCUT2D eigenvalue weighted by Gasteiger charge is -2.06. The van der Waals surface area contributed by atoms with Crippen molar-refractivity contribution < 1.29 is 4.74 Å². The Hall–Kier alpha value is -1.15. The lowest BCUT2D eigenvalue weighted by atomic mass is 10.3. The molecule has 0 aromatic heterocycles. The Labute approximate surface area is 89.3 Å². The molecule has 0 bridgehead atoms. The molecule has 0 amide bonds. The van der Waals surface area contributed by atoms with E-state index in [1.807, 2.05) is 19.9 Å². The van der Waals surface area contributed by atoms with E-state index in [0.29, 0.717) is 23.1 Å². The molecule has 14 heavy (non-hydrogen) atoms. The molecule has 0 fully saturated rings. The Morgan fingerprint density at radius 1 is 1.50 bits per heavy atom. The third kappa shape index (κ3) is 3.30. The molecule has 76 valence electrons. The molecule has 0 heterocycles. The number of nitrogens with two attached hydrogens (primary N) is 1. The SMILES string of the molecule is CC(C)=CCOc1ccc(N)cc1Cl. The van der Waals surface area contributed by atoms with Crippen molar-refractivity contribution in [2.75, 3.05) is 12.3 Å². The zero-order chi connectivity index (χ0) is 10.6. The van der Waals surface area contributed by atoms with Gasteiger partial charge in [0.15, 0.2) is 0 Å². The van der Waals surface area contributed by atoms with Crippen LogP contribution in [0.5, 0.6) is 5.75 Å². The summed E-state index contributed by atoms with van der Waals surface area (Å²) in [6.45, 7) is 4.58. The van der Waals surface area contributed by atoms with E-state index in [1.54, 1.807) is 18.2 Å². The second-order valence-corrected chi connectivity index (χ2v) is 3.69. The monoisotopic (exact) mass is 211 g/mol. The van der Waals surface area contributed by atoms with Gasteiger partial charge in [0, 0.05) is 5.69 Å². The molecular formula is C11H14ClNO. The van der Waals surface area contributed by atoms with Crippen molar-refractivity contribution in [3.05, 3.63) is 34.9 Å². The van der Waals surface area contributed by atoms with E-state index < -0.39 is 0 Å². The van der Waals surface area contributed by atoms with E-state index in [0.717, 1.165) is 0 Å². The fourth-order valence-electron chi connectivity index (χ4n) is 0.932. The average molecular weight is 212 g/mol. The second-order valence-electron chi connectivity index (χ2n) is 3.28. The molecule has 1 rings (SSSR count). The highest BCUT2D eigenvalue weighted by molar-refractivity contribution is 6.32. The van der Waals surface area contributed by atoms with Gasteiger partial charge in [-0.15, -0.1) is 0 Å². The topological polar surface area (TPSA) is 35.2 Å². The maximum Gasteiger partial charge on any atom is 0.138 e. The van der Waals surface area contributed by atoms with Crippen molar-refractivity contribution in [2.45, 2.75) is 13.8 Å². The van der Waals surface area contributed by atoms with Gasteiger partial charge in [0.25, 0.3) is 0 Å². The Morgan fingerprint density at radius 2 is 2.21 bits per heavy atom. The van der Waals surface area contributed by atoms with Gasteiger partial charge in [-0.3, -0.25) is 0 Å². The molecule has 0 atom stereocenters. The minimum absolute atomic E-state index is 0.534. The van der Waals surface area contributed by atoms with Crippen molar-refractivity contribution in [1.82, 2.24) is 0 Å². The molecule has 2 N–H and O–H groups in total. The number of nitrogen functional groups attached to an aromatic ring is 1. The Morgan fingerprint density at radius 3 is 2.79 bits per heavy atom. The van der Waals surface area contributed by atoms with Gasteiger partial charge < -0.3 is 10.5 Å². The standard InChI is InChI=1S/C11H14ClNO/c1-8(2)5-6-14-11-4-3-9(13)7-10(11)12/h3-5,7H,6,13H2,1-2H3. The lowest BCUT2D eigenvalue weighted by Crippen LogP contribution is -1.95. The number of ether oxygens (including phenoxy) is 1. The predicted octanol–water partition coefficient (Wildman–Crippen LogP) is 3.27. The largest absolute Gasteiger partial charge is 0.488 e. The van der Waals surface area contributed by atoms with Gasteiger partial charge in [-0.1, -0.05) is 17.2 Å². The number of anilines is 1. The van der Waals surface area contributed by atoms with Gasteiger partial charge in [0.05, 0.1) is 5.02 Å². The molecule has 0 unspecified atom stereocenters. The van der Waals surface area contributed by atoms with Crippen molar-refractivity contribution in [1.29, 1.82) is 0 Å². The van der Waals surface area contributed by atoms with Crippen molar-refractivity contribution >= 4 is 17.3 Å². The average Bonchev–Trinajstić information content (AvgIpc) is 2.08. The molecule has 0 aliphatic heterocycles. The maximum absolute atomic E-state index is 5.92. The number of rotatable bonds is 3. The number of benzene rings is 1. The molecule has 1 aromatic carbocycles. The van der Waals surface area contributed by atoms with Crippen LogP contribution in [0.4, 0.5) is 5.69 Å². The molecule has 0 radical (unpaired) electrons. The van der Waals surface area contributed by atoms with Crippen LogP contribution in [0.15, 0.2) is 29.8 Å². The van der Waals surface area contributed by atoms with Gasteiger partial charge in [0.1, 0.15) is 12.4 Å². The first-order valence-corrected chi connectivity index (χ1v) is 4.78. The van der Waals surface area contributed by atoms with Crippen LogP contribution in [0, 0.1) is 0 Å². The van der Waals surface area contributed by atoms with E-state index in [9.17, 15) is 0 Å². The first-order valence-electron chi connectivity index (χ1n) is 4.41. The van der Waals surface area contributed by atoms with Crippen LogP contribution in [0.1, 0.15) is 13.8 Å². The van der Waals surface area contributed by atoms with Crippen LogP contribution in [0.25, 0.3) is 0 Å². The number of halogens is 1. The zero-order valence-electron chi connectivity index (χ0n) is 8.38. The number of hydrogen-bond acceptors (Lipinski definition) is 2. The second kappa shape index (κ2) is 4.91. The minimum Gasteiger partial charge on any atom is -0.488 e. The maximum atomic E-state index is 5.92. The first kappa shape index (κ1) is 10.9. The lowest BCUT2D eigenvalue weighted by molar-refractivity contribution is 0.362. The van der Waals surface area contributed by atoms with E-state index in [2.05, 4.69) is 0 Å². The highest BCUT2D eigenvalue weighted by atomic mass is 35.5. The van der Waals surface area contributed by atoms with Crippen molar-refractivity contribution in [3.8, 4) is 5.75 Å². The van der Waals surface area contributed by atoms with Crippen LogP contribution in [-0.4, -0.2) is 6.61 Å². The van der Waals surface area contributed by atoms with E-state index >= 15 is 0 Å². The van der Waals surface area contributed by atoms with Gasteiger partial charge in [-0.05, 0) is 38.1 Å². The fraction of sp³-hybridized carbons (Fsp3) is 0.273. The van der Waals surface area contributed by atoms with Crippen molar-refractivity contribution in [2.24, 2.45) is 0 Å². The fourth-order valence-corrected chi connectivity index (χ4v) is 1.18. The molecular weight excluding hydrogens is 198 g/mol. The molecule has 1 aromatic rings. The van der Waals surface area contributed by atoms with E-state index in [-0.39, 0.29) is 0 Å². The molecule has 0 aliphatic carbocycles. The molecule has 0 saturated carbocycles. The van der Waals surface area contributed by atoms with Crippen LogP contribution in [0.2, 0.25) is 5.02 Å². The highest BCUT2D eigenvalue weighted by Gasteiger charge is 1.99. The molecule has 0 saturated heterocycles. The van der Waals surface area contributed by atoms with E-state index in [1.165, 1.54) is 5.57 Å². The molecule has 0 aliphatic rings. The summed E-state index contributed by atoms with van der Waals surface area (Å²) < 4.78 is 5.44. The van der Waals surface area contributed by atoms with Crippen LogP contribution in [0.3, 0.4) is 0 Å². The minimum atomic E-state index is 0.534. The van der Waals surface area contributed by atoms with E-state index in [4.69, 9.17) is 22.1 Å². The number of allylic oxidation sites excluding steroid dienone is 1. The number of hydrogen-bond donors (Lipinski definition) is 1. The van der Waals surface area contributed by atoms with Gasteiger partial charge in [-0.2, -0.15) is 0 Å². The smallest absolute Gasteiger partial charge is 0.138 e.